The van der Waals surface area contributed by atoms with Crippen molar-refractivity contribution in [2.75, 3.05) is 33.2 Å². The van der Waals surface area contributed by atoms with Crippen molar-refractivity contribution in [3.63, 3.8) is 0 Å². The van der Waals surface area contributed by atoms with Gasteiger partial charge in [-0.3, -0.25) is 4.90 Å². The summed E-state index contributed by atoms with van der Waals surface area (Å²) in [5.74, 6) is -1.04. The molecule has 0 spiro atoms. The highest BCUT2D eigenvalue weighted by atomic mass is 16.4. The molecule has 2 heterocycles. The Bertz CT molecular complexity index is 385. The summed E-state index contributed by atoms with van der Waals surface area (Å²) in [6, 6.07) is 3.23. The van der Waals surface area contributed by atoms with Crippen LogP contribution in [0.15, 0.2) is 12.1 Å². The number of carboxylic acids is 1. The Morgan fingerprint density at radius 2 is 2.00 bits per heavy atom. The van der Waals surface area contributed by atoms with E-state index < -0.39 is 5.97 Å². The molecule has 0 bridgehead atoms. The van der Waals surface area contributed by atoms with Crippen molar-refractivity contribution in [1.82, 2.24) is 20.0 Å². The molecular weight excluding hydrogens is 220 g/mol. The Morgan fingerprint density at radius 1 is 1.29 bits per heavy atom. The van der Waals surface area contributed by atoms with E-state index in [0.29, 0.717) is 0 Å². The average molecular weight is 236 g/mol. The third-order valence-electron chi connectivity index (χ3n) is 2.92. The number of nitrogens with zero attached hydrogens (tertiary/aromatic N) is 4. The predicted molar refractivity (Wildman–Crippen MR) is 61.8 cm³/mol. The van der Waals surface area contributed by atoms with Gasteiger partial charge in [-0.15, -0.1) is 5.10 Å². The third kappa shape index (κ3) is 3.21. The lowest BCUT2D eigenvalue weighted by Gasteiger charge is -2.31. The summed E-state index contributed by atoms with van der Waals surface area (Å²) >= 11 is 0. The minimum absolute atomic E-state index is 0.00729. The second-order valence-electron chi connectivity index (χ2n) is 4.29. The second kappa shape index (κ2) is 5.20. The van der Waals surface area contributed by atoms with Gasteiger partial charge in [0.05, 0.1) is 5.69 Å². The summed E-state index contributed by atoms with van der Waals surface area (Å²) < 4.78 is 0. The van der Waals surface area contributed by atoms with Gasteiger partial charge in [-0.2, -0.15) is 5.10 Å². The largest absolute Gasteiger partial charge is 0.476 e. The van der Waals surface area contributed by atoms with Crippen LogP contribution in [0.1, 0.15) is 16.2 Å². The fraction of sp³-hybridized carbons (Fsp3) is 0.545. The quantitative estimate of drug-likeness (QED) is 0.791. The third-order valence-corrected chi connectivity index (χ3v) is 2.92. The molecule has 6 nitrogen and oxygen atoms in total. The summed E-state index contributed by atoms with van der Waals surface area (Å²) in [6.45, 7) is 4.87. The van der Waals surface area contributed by atoms with Crippen LogP contribution in [0.25, 0.3) is 0 Å². The lowest BCUT2D eigenvalue weighted by molar-refractivity contribution is 0.0689. The fourth-order valence-corrected chi connectivity index (χ4v) is 1.79. The Morgan fingerprint density at radius 3 is 2.53 bits per heavy atom. The van der Waals surface area contributed by atoms with Crippen LogP contribution in [0.4, 0.5) is 0 Å². The number of piperazine rings is 1. The molecule has 1 aromatic heterocycles. The van der Waals surface area contributed by atoms with E-state index in [0.717, 1.165) is 38.4 Å². The highest BCUT2D eigenvalue weighted by Gasteiger charge is 2.14. The molecule has 1 fully saturated rings. The normalized spacial score (nSPS) is 18.2. The topological polar surface area (TPSA) is 69.6 Å². The van der Waals surface area contributed by atoms with Gasteiger partial charge in [0, 0.05) is 32.7 Å². The Hall–Kier alpha value is -1.53. The van der Waals surface area contributed by atoms with Crippen LogP contribution in [0, 0.1) is 0 Å². The number of likely N-dealkylation sites (N-methyl/N-ethyl adjacent to an activating group) is 1. The van der Waals surface area contributed by atoms with Gasteiger partial charge < -0.3 is 10.0 Å². The highest BCUT2D eigenvalue weighted by molar-refractivity contribution is 5.84. The molecule has 0 unspecified atom stereocenters. The van der Waals surface area contributed by atoms with Gasteiger partial charge >= 0.3 is 5.97 Å². The summed E-state index contributed by atoms with van der Waals surface area (Å²) in [5, 5.41) is 16.3. The zero-order valence-electron chi connectivity index (χ0n) is 9.83. The highest BCUT2D eigenvalue weighted by Crippen LogP contribution is 2.05. The number of carboxylic acid groups (broad SMARTS) is 1. The van der Waals surface area contributed by atoms with E-state index in [-0.39, 0.29) is 5.69 Å². The molecular formula is C11H16N4O2. The molecule has 1 aliphatic heterocycles. The minimum Gasteiger partial charge on any atom is -0.476 e. The van der Waals surface area contributed by atoms with Crippen molar-refractivity contribution in [1.29, 1.82) is 0 Å². The number of aromatic nitrogens is 2. The molecule has 2 rings (SSSR count). The Kier molecular flexibility index (Phi) is 3.65. The Labute approximate surface area is 99.9 Å². The van der Waals surface area contributed by atoms with E-state index >= 15 is 0 Å². The van der Waals surface area contributed by atoms with Crippen LogP contribution >= 0.6 is 0 Å². The van der Waals surface area contributed by atoms with Gasteiger partial charge in [0.1, 0.15) is 0 Å². The summed E-state index contributed by atoms with van der Waals surface area (Å²) in [5.41, 5.74) is 0.812. The number of hydrogen-bond acceptors (Lipinski definition) is 5. The van der Waals surface area contributed by atoms with Gasteiger partial charge in [0.2, 0.25) is 0 Å². The van der Waals surface area contributed by atoms with Crippen LogP contribution in [0.5, 0.6) is 0 Å². The summed E-state index contributed by atoms with van der Waals surface area (Å²) in [6.07, 6.45) is 0. The molecule has 1 N–H and O–H groups in total. The SMILES string of the molecule is CN1CCN(Cc2ccc(C(=O)O)nn2)CC1. The summed E-state index contributed by atoms with van der Waals surface area (Å²) in [7, 11) is 2.11. The molecule has 0 amide bonds. The molecule has 0 aromatic carbocycles. The van der Waals surface area contributed by atoms with Crippen molar-refractivity contribution in [2.45, 2.75) is 6.54 Å². The van der Waals surface area contributed by atoms with Crippen molar-refractivity contribution in [3.05, 3.63) is 23.5 Å². The van der Waals surface area contributed by atoms with Crippen LogP contribution in [-0.4, -0.2) is 64.3 Å². The standard InChI is InChI=1S/C11H16N4O2/c1-14-4-6-15(7-5-14)8-9-2-3-10(11(16)17)13-12-9/h2-3H,4-8H2,1H3,(H,16,17). The maximum absolute atomic E-state index is 10.6. The number of rotatable bonds is 3. The van der Waals surface area contributed by atoms with E-state index in [2.05, 4.69) is 27.0 Å². The molecule has 0 radical (unpaired) electrons. The first kappa shape index (κ1) is 11.9. The van der Waals surface area contributed by atoms with E-state index in [1.54, 1.807) is 6.07 Å². The van der Waals surface area contributed by atoms with E-state index in [4.69, 9.17) is 5.11 Å². The van der Waals surface area contributed by atoms with Crippen LogP contribution in [0.3, 0.4) is 0 Å². The molecule has 0 saturated carbocycles. The zero-order valence-corrected chi connectivity index (χ0v) is 9.83. The lowest BCUT2D eigenvalue weighted by atomic mass is 10.3. The van der Waals surface area contributed by atoms with Crippen molar-refractivity contribution in [3.8, 4) is 0 Å². The molecule has 17 heavy (non-hydrogen) atoms. The van der Waals surface area contributed by atoms with Crippen molar-refractivity contribution in [2.24, 2.45) is 0 Å². The van der Waals surface area contributed by atoms with Gasteiger partial charge in [-0.05, 0) is 19.2 Å². The Balaban J connectivity index is 1.92. The van der Waals surface area contributed by atoms with E-state index in [1.807, 2.05) is 0 Å². The molecule has 1 aliphatic rings. The van der Waals surface area contributed by atoms with Gasteiger partial charge in [0.25, 0.3) is 0 Å². The first-order valence-corrected chi connectivity index (χ1v) is 5.62. The molecule has 1 saturated heterocycles. The maximum Gasteiger partial charge on any atom is 0.356 e. The van der Waals surface area contributed by atoms with Crippen LogP contribution in [-0.2, 0) is 6.54 Å². The minimum atomic E-state index is -1.04. The lowest BCUT2D eigenvalue weighted by Crippen LogP contribution is -2.44. The first-order valence-electron chi connectivity index (χ1n) is 5.62. The maximum atomic E-state index is 10.6. The first-order chi connectivity index (χ1) is 8.15. The van der Waals surface area contributed by atoms with Crippen LogP contribution < -0.4 is 0 Å². The predicted octanol–water partition coefficient (Wildman–Crippen LogP) is -0.0778. The number of carbonyl (C=O) groups is 1. The van der Waals surface area contributed by atoms with Crippen LogP contribution in [0.2, 0.25) is 0 Å². The zero-order chi connectivity index (χ0) is 12.3. The number of aromatic carboxylic acids is 1. The molecule has 1 aromatic rings. The molecule has 0 aliphatic carbocycles. The molecule has 0 atom stereocenters. The van der Waals surface area contributed by atoms with E-state index in [1.165, 1.54) is 6.07 Å². The van der Waals surface area contributed by atoms with Crippen molar-refractivity contribution < 1.29 is 9.90 Å². The molecule has 92 valence electrons. The fourth-order valence-electron chi connectivity index (χ4n) is 1.79. The van der Waals surface area contributed by atoms with Gasteiger partial charge in [0.15, 0.2) is 5.69 Å². The number of hydrogen-bond donors (Lipinski definition) is 1. The second-order valence-corrected chi connectivity index (χ2v) is 4.29. The van der Waals surface area contributed by atoms with E-state index in [9.17, 15) is 4.79 Å². The average Bonchev–Trinajstić information content (AvgIpc) is 2.33. The monoisotopic (exact) mass is 236 g/mol. The van der Waals surface area contributed by atoms with Gasteiger partial charge in [-0.1, -0.05) is 0 Å². The molecule has 6 heteroatoms. The smallest absolute Gasteiger partial charge is 0.356 e. The van der Waals surface area contributed by atoms with Crippen molar-refractivity contribution >= 4 is 5.97 Å². The van der Waals surface area contributed by atoms with Gasteiger partial charge in [-0.25, -0.2) is 4.79 Å². The summed E-state index contributed by atoms with van der Waals surface area (Å²) in [4.78, 5) is 15.2.